The first-order chi connectivity index (χ1) is 36.4. The van der Waals surface area contributed by atoms with Crippen molar-refractivity contribution in [2.45, 2.75) is 24.7 Å². The van der Waals surface area contributed by atoms with E-state index in [1.165, 1.54) is 22.3 Å². The Morgan fingerprint density at radius 3 is 1.73 bits per heavy atom. The first-order valence-corrected chi connectivity index (χ1v) is 27.0. The van der Waals surface area contributed by atoms with Crippen molar-refractivity contribution in [3.8, 4) is 39.9 Å². The van der Waals surface area contributed by atoms with Crippen molar-refractivity contribution in [2.24, 2.45) is 0 Å². The molecule has 0 saturated carbocycles. The summed E-state index contributed by atoms with van der Waals surface area (Å²) in [6.45, 7) is 4.67. The molecule has 7 heteroatoms. The molecular weight excluding hydrogens is 922 g/mol. The highest BCUT2D eigenvalue weighted by Gasteiger charge is 2.55. The maximum Gasteiger partial charge on any atom is 0.238 e. The molecule has 4 heterocycles. The van der Waals surface area contributed by atoms with Crippen molar-refractivity contribution >= 4 is 61.9 Å². The predicted octanol–water partition coefficient (Wildman–Crippen LogP) is 14.7. The van der Waals surface area contributed by atoms with Crippen LogP contribution < -0.4 is 20.8 Å². The molecule has 10 aromatic carbocycles. The largest absolute Gasteiger partial charge is 0.309 e. The summed E-state index contributed by atoms with van der Waals surface area (Å²) < 4.78 is 19.0. The van der Waals surface area contributed by atoms with E-state index < -0.39 is 12.6 Å². The summed E-state index contributed by atoms with van der Waals surface area (Å²) in [4.78, 5) is 19.0. The van der Waals surface area contributed by atoms with Crippen LogP contribution in [0.5, 0.6) is 0 Å². The van der Waals surface area contributed by atoms with E-state index in [2.05, 4.69) is 211 Å². The first-order valence-electron chi connectivity index (χ1n) is 25.3. The van der Waals surface area contributed by atoms with Gasteiger partial charge in [0.1, 0.15) is 0 Å². The van der Waals surface area contributed by atoms with E-state index >= 15 is 4.57 Å². The normalized spacial score (nSPS) is 16.3. The fourth-order valence-electron chi connectivity index (χ4n) is 12.9. The molecular formula is C67H46N5OP. The topological polar surface area (TPSA) is 63.9 Å². The predicted molar refractivity (Wildman–Crippen MR) is 302 cm³/mol. The Bertz CT molecular complexity index is 4290. The molecule has 1 spiro atoms. The van der Waals surface area contributed by atoms with Crippen LogP contribution in [0.25, 0.3) is 61.7 Å². The zero-order chi connectivity index (χ0) is 49.3. The maximum atomic E-state index is 16.7. The van der Waals surface area contributed by atoms with Gasteiger partial charge in [-0.3, -0.25) is 4.57 Å². The van der Waals surface area contributed by atoms with E-state index in [9.17, 15) is 0 Å². The van der Waals surface area contributed by atoms with Gasteiger partial charge >= 0.3 is 0 Å². The van der Waals surface area contributed by atoms with Crippen LogP contribution in [0.15, 0.2) is 243 Å². The molecule has 0 N–H and O–H groups in total. The lowest BCUT2D eigenvalue weighted by Crippen LogP contribution is -2.45. The fraction of sp³-hybridized carbons (Fsp3) is 0.0597. The van der Waals surface area contributed by atoms with Crippen LogP contribution >= 0.6 is 7.14 Å². The van der Waals surface area contributed by atoms with Gasteiger partial charge in [-0.2, -0.15) is 9.97 Å². The van der Waals surface area contributed by atoms with E-state index in [1.54, 1.807) is 0 Å². The van der Waals surface area contributed by atoms with Crippen molar-refractivity contribution in [3.63, 3.8) is 0 Å². The molecule has 3 aliphatic rings. The molecule has 0 radical (unpaired) electrons. The Kier molecular flexibility index (Phi) is 9.10. The highest BCUT2D eigenvalue weighted by molar-refractivity contribution is 7.85. The molecule has 1 aliphatic carbocycles. The van der Waals surface area contributed by atoms with Crippen LogP contribution in [0.2, 0.25) is 0 Å². The van der Waals surface area contributed by atoms with Gasteiger partial charge in [0.15, 0.2) is 18.8 Å². The van der Waals surface area contributed by atoms with Crippen molar-refractivity contribution in [1.29, 1.82) is 0 Å². The average molecular weight is 968 g/mol. The van der Waals surface area contributed by atoms with Crippen molar-refractivity contribution in [1.82, 2.24) is 19.5 Å². The Morgan fingerprint density at radius 2 is 1.00 bits per heavy atom. The third-order valence-electron chi connectivity index (χ3n) is 16.1. The minimum Gasteiger partial charge on any atom is -0.309 e. The molecule has 74 heavy (non-hydrogen) atoms. The minimum absolute atomic E-state index is 0.347. The van der Waals surface area contributed by atoms with Crippen LogP contribution in [0.1, 0.15) is 47.2 Å². The molecule has 0 amide bonds. The van der Waals surface area contributed by atoms with Crippen molar-refractivity contribution < 1.29 is 4.57 Å². The van der Waals surface area contributed by atoms with E-state index in [0.29, 0.717) is 17.6 Å². The van der Waals surface area contributed by atoms with Crippen LogP contribution in [-0.2, 0) is 15.4 Å². The lowest BCUT2D eigenvalue weighted by molar-refractivity contribution is 0.590. The van der Waals surface area contributed by atoms with Gasteiger partial charge in [0.2, 0.25) is 5.95 Å². The van der Waals surface area contributed by atoms with E-state index in [-0.39, 0.29) is 5.41 Å². The molecule has 2 aliphatic heterocycles. The summed E-state index contributed by atoms with van der Waals surface area (Å²) in [5, 5.41) is 4.67. The average Bonchev–Trinajstić information content (AvgIpc) is 3.97. The van der Waals surface area contributed by atoms with Crippen molar-refractivity contribution in [3.05, 3.63) is 276 Å². The monoisotopic (exact) mass is 967 g/mol. The van der Waals surface area contributed by atoms with E-state index in [0.717, 1.165) is 88.2 Å². The van der Waals surface area contributed by atoms with Gasteiger partial charge in [0, 0.05) is 48.9 Å². The fourth-order valence-corrected chi connectivity index (χ4v) is 16.1. The summed E-state index contributed by atoms with van der Waals surface area (Å²) >= 11 is 0. The lowest BCUT2D eigenvalue weighted by atomic mass is 9.67. The number of rotatable bonds is 5. The Morgan fingerprint density at radius 1 is 0.432 bits per heavy atom. The van der Waals surface area contributed by atoms with Crippen LogP contribution in [0.3, 0.4) is 0 Å². The van der Waals surface area contributed by atoms with Gasteiger partial charge in [-0.1, -0.05) is 220 Å². The zero-order valence-corrected chi connectivity index (χ0v) is 41.6. The molecule has 0 saturated heterocycles. The minimum atomic E-state index is -3.46. The van der Waals surface area contributed by atoms with Crippen LogP contribution in [0, 0.1) is 0 Å². The molecule has 6 nitrogen and oxygen atoms in total. The molecule has 0 bridgehead atoms. The zero-order valence-electron chi connectivity index (χ0n) is 40.7. The Labute approximate surface area is 429 Å². The summed E-state index contributed by atoms with van der Waals surface area (Å²) in [6.07, 6.45) is 0. The van der Waals surface area contributed by atoms with E-state index in [1.807, 2.05) is 54.6 Å². The van der Waals surface area contributed by atoms with Gasteiger partial charge in [-0.25, -0.2) is 4.98 Å². The number of benzene rings is 10. The van der Waals surface area contributed by atoms with Crippen molar-refractivity contribution in [2.75, 3.05) is 4.90 Å². The third kappa shape index (κ3) is 5.72. The van der Waals surface area contributed by atoms with Gasteiger partial charge in [0.25, 0.3) is 0 Å². The quantitative estimate of drug-likeness (QED) is 0.161. The smallest absolute Gasteiger partial charge is 0.238 e. The van der Waals surface area contributed by atoms with Crippen LogP contribution in [-0.4, -0.2) is 19.5 Å². The van der Waals surface area contributed by atoms with E-state index in [4.69, 9.17) is 15.0 Å². The van der Waals surface area contributed by atoms with Gasteiger partial charge in [-0.15, -0.1) is 0 Å². The summed E-state index contributed by atoms with van der Waals surface area (Å²) in [5.41, 5.74) is 14.9. The second-order valence-corrected chi connectivity index (χ2v) is 22.9. The molecule has 12 aromatic rings. The molecule has 1 atom stereocenters. The highest BCUT2D eigenvalue weighted by Crippen LogP contribution is 2.62. The number of anilines is 3. The first kappa shape index (κ1) is 42.7. The molecule has 2 aromatic heterocycles. The Hall–Kier alpha value is -8.96. The standard InChI is InChI=1S/C67H46N5OP/c1-66(2)53-33-17-20-36-58(53)71(45-24-8-4-9-25-45)62-55(66)40-39-50-49-30-14-19-35-57(49)72(61(50)62)65-69-63(43-22-6-3-7-23-43)68-64(70-65)44-38-41-60-56(42-44)67(51-31-15-12-28-47(51)48-29-13-16-32-52(48)67)54-34-18-21-37-59(54)74(60,73)46-26-10-5-11-27-46/h3-42H,1-2H3. The molecule has 0 fully saturated rings. The second kappa shape index (κ2) is 15.8. The highest BCUT2D eigenvalue weighted by atomic mass is 31.2. The van der Waals surface area contributed by atoms with Gasteiger partial charge in [-0.05, 0) is 80.9 Å². The van der Waals surface area contributed by atoms with Gasteiger partial charge < -0.3 is 9.46 Å². The summed E-state index contributed by atoms with van der Waals surface area (Å²) in [6, 6.07) is 85.3. The second-order valence-electron chi connectivity index (χ2n) is 20.2. The van der Waals surface area contributed by atoms with Crippen LogP contribution in [0.4, 0.5) is 17.1 Å². The molecule has 1 unspecified atom stereocenters. The number of aromatic nitrogens is 4. The number of fused-ring (bicyclic) bond motifs is 15. The summed E-state index contributed by atoms with van der Waals surface area (Å²) in [7, 11) is -3.46. The molecule has 350 valence electrons. The number of hydrogen-bond donors (Lipinski definition) is 0. The maximum absolute atomic E-state index is 16.7. The SMILES string of the molecule is CC1(C)c2ccccc2N(c2ccccc2)c2c1ccc1c3ccccc3n(-c3nc(-c4ccccc4)nc(-c4ccc5c(c4)C4(c6ccccc6-c6ccccc64)c4ccccc4P5(=O)c4ccccc4)n3)c21. The summed E-state index contributed by atoms with van der Waals surface area (Å²) in [5.74, 6) is 1.57. The number of nitrogens with zero attached hydrogens (tertiary/aromatic N) is 5. The van der Waals surface area contributed by atoms with Gasteiger partial charge in [0.05, 0.1) is 27.8 Å². The third-order valence-corrected chi connectivity index (χ3v) is 19.3. The lowest BCUT2D eigenvalue weighted by Gasteiger charge is -2.43. The number of hydrogen-bond acceptors (Lipinski definition) is 5. The number of para-hydroxylation sites is 3. The Balaban J connectivity index is 1.05. The molecule has 15 rings (SSSR count).